The van der Waals surface area contributed by atoms with Gasteiger partial charge >= 0.3 is 6.36 Å². The summed E-state index contributed by atoms with van der Waals surface area (Å²) in [5, 5.41) is 3.09. The summed E-state index contributed by atoms with van der Waals surface area (Å²) in [5.74, 6) is -0.257. The average molecular weight is 342 g/mol. The fraction of sp³-hybridized carbons (Fsp3) is 0.500. The first-order chi connectivity index (χ1) is 8.92. The molecule has 0 bridgehead atoms. The van der Waals surface area contributed by atoms with Gasteiger partial charge < -0.3 is 14.8 Å². The number of hydrogen-bond acceptors (Lipinski definition) is 3. The summed E-state index contributed by atoms with van der Waals surface area (Å²) < 4.78 is 45.5. The molecule has 1 aromatic rings. The summed E-state index contributed by atoms with van der Waals surface area (Å²) in [6, 6.07) is 4.34. The number of halogens is 4. The lowest BCUT2D eigenvalue weighted by molar-refractivity contribution is -0.274. The Morgan fingerprint density at radius 2 is 2.05 bits per heavy atom. The van der Waals surface area contributed by atoms with Gasteiger partial charge in [0.15, 0.2) is 0 Å². The van der Waals surface area contributed by atoms with Crippen molar-refractivity contribution in [2.75, 3.05) is 25.1 Å². The second-order valence-electron chi connectivity index (χ2n) is 3.67. The molecule has 0 spiro atoms. The fourth-order valence-corrected chi connectivity index (χ4v) is 1.83. The summed E-state index contributed by atoms with van der Waals surface area (Å²) in [6.45, 7) is 3.94. The molecule has 0 radical (unpaired) electrons. The van der Waals surface area contributed by atoms with Gasteiger partial charge in [-0.1, -0.05) is 0 Å². The van der Waals surface area contributed by atoms with Gasteiger partial charge in [-0.3, -0.25) is 0 Å². The van der Waals surface area contributed by atoms with Crippen LogP contribution in [0.4, 0.5) is 18.9 Å². The number of rotatable bonds is 7. The SMILES string of the molecule is CCOCCCNc1ccc(OC(F)(F)F)c(Br)c1. The van der Waals surface area contributed by atoms with Crippen LogP contribution in [-0.2, 0) is 4.74 Å². The van der Waals surface area contributed by atoms with Gasteiger partial charge in [0.25, 0.3) is 0 Å². The topological polar surface area (TPSA) is 30.5 Å². The molecule has 1 rings (SSSR count). The molecule has 3 nitrogen and oxygen atoms in total. The predicted octanol–water partition coefficient (Wildman–Crippen LogP) is 4.19. The first-order valence-corrected chi connectivity index (χ1v) is 6.58. The largest absolute Gasteiger partial charge is 0.573 e. The summed E-state index contributed by atoms with van der Waals surface area (Å²) in [7, 11) is 0. The van der Waals surface area contributed by atoms with Gasteiger partial charge in [0.1, 0.15) is 5.75 Å². The maximum atomic E-state index is 12.1. The van der Waals surface area contributed by atoms with Crippen LogP contribution in [-0.4, -0.2) is 26.1 Å². The third-order valence-electron chi connectivity index (χ3n) is 2.16. The van der Waals surface area contributed by atoms with Crippen LogP contribution in [0.15, 0.2) is 22.7 Å². The Labute approximate surface area is 118 Å². The number of benzene rings is 1. The average Bonchev–Trinajstić information content (AvgIpc) is 2.31. The maximum Gasteiger partial charge on any atom is 0.573 e. The van der Waals surface area contributed by atoms with Crippen molar-refractivity contribution in [3.8, 4) is 5.75 Å². The Hall–Kier alpha value is -0.950. The van der Waals surface area contributed by atoms with Gasteiger partial charge in [-0.25, -0.2) is 0 Å². The van der Waals surface area contributed by atoms with E-state index >= 15 is 0 Å². The molecule has 0 unspecified atom stereocenters. The molecule has 1 N–H and O–H groups in total. The van der Waals surface area contributed by atoms with Gasteiger partial charge in [0.2, 0.25) is 0 Å². The first kappa shape index (κ1) is 16.1. The van der Waals surface area contributed by atoms with Crippen molar-refractivity contribution in [3.05, 3.63) is 22.7 Å². The van der Waals surface area contributed by atoms with Crippen LogP contribution in [0.25, 0.3) is 0 Å². The van der Waals surface area contributed by atoms with Crippen molar-refractivity contribution in [3.63, 3.8) is 0 Å². The Kier molecular flexibility index (Phi) is 6.44. The van der Waals surface area contributed by atoms with Gasteiger partial charge in [0, 0.05) is 25.4 Å². The number of alkyl halides is 3. The predicted molar refractivity (Wildman–Crippen MR) is 70.4 cm³/mol. The van der Waals surface area contributed by atoms with E-state index in [9.17, 15) is 13.2 Å². The molecule has 0 aromatic heterocycles. The molecule has 0 fully saturated rings. The molecule has 0 heterocycles. The molecule has 0 aliphatic rings. The molecule has 0 amide bonds. The van der Waals surface area contributed by atoms with Crippen molar-refractivity contribution >= 4 is 21.6 Å². The van der Waals surface area contributed by atoms with Gasteiger partial charge in [0.05, 0.1) is 4.47 Å². The van der Waals surface area contributed by atoms with E-state index in [0.29, 0.717) is 19.8 Å². The van der Waals surface area contributed by atoms with E-state index in [-0.39, 0.29) is 10.2 Å². The second kappa shape index (κ2) is 7.59. The van der Waals surface area contributed by atoms with Crippen molar-refractivity contribution < 1.29 is 22.6 Å². The van der Waals surface area contributed by atoms with Gasteiger partial charge in [-0.2, -0.15) is 0 Å². The van der Waals surface area contributed by atoms with E-state index in [2.05, 4.69) is 26.0 Å². The number of ether oxygens (including phenoxy) is 2. The monoisotopic (exact) mass is 341 g/mol. The van der Waals surface area contributed by atoms with Crippen molar-refractivity contribution in [1.29, 1.82) is 0 Å². The van der Waals surface area contributed by atoms with Crippen LogP contribution in [0, 0.1) is 0 Å². The van der Waals surface area contributed by atoms with Crippen molar-refractivity contribution in [2.24, 2.45) is 0 Å². The highest BCUT2D eigenvalue weighted by Gasteiger charge is 2.31. The Balaban J connectivity index is 2.47. The molecule has 7 heteroatoms. The summed E-state index contributed by atoms with van der Waals surface area (Å²) in [4.78, 5) is 0. The lowest BCUT2D eigenvalue weighted by Gasteiger charge is -2.12. The first-order valence-electron chi connectivity index (χ1n) is 5.79. The normalized spacial score (nSPS) is 11.4. The molecular formula is C12H15BrF3NO2. The maximum absolute atomic E-state index is 12.1. The minimum absolute atomic E-state index is 0.250. The standard InChI is InChI=1S/C12H15BrF3NO2/c1-2-18-7-3-6-17-9-4-5-11(10(13)8-9)19-12(14,15)16/h4-5,8,17H,2-3,6-7H2,1H3. The zero-order valence-corrected chi connectivity index (χ0v) is 12.0. The molecule has 19 heavy (non-hydrogen) atoms. The van der Waals surface area contributed by atoms with E-state index < -0.39 is 6.36 Å². The molecule has 108 valence electrons. The van der Waals surface area contributed by atoms with Crippen LogP contribution in [0.2, 0.25) is 0 Å². The molecule has 0 saturated carbocycles. The zero-order chi connectivity index (χ0) is 14.3. The van der Waals surface area contributed by atoms with Crippen LogP contribution in [0.1, 0.15) is 13.3 Å². The second-order valence-corrected chi connectivity index (χ2v) is 4.52. The molecule has 1 aromatic carbocycles. The zero-order valence-electron chi connectivity index (χ0n) is 10.4. The molecular weight excluding hydrogens is 327 g/mol. The van der Waals surface area contributed by atoms with Crippen molar-refractivity contribution in [1.82, 2.24) is 0 Å². The summed E-state index contributed by atoms with van der Waals surface area (Å²) >= 11 is 3.04. The van der Waals surface area contributed by atoms with E-state index in [0.717, 1.165) is 12.1 Å². The van der Waals surface area contributed by atoms with Gasteiger partial charge in [-0.15, -0.1) is 13.2 Å². The van der Waals surface area contributed by atoms with E-state index in [4.69, 9.17) is 4.74 Å². The van der Waals surface area contributed by atoms with Crippen LogP contribution >= 0.6 is 15.9 Å². The minimum atomic E-state index is -4.69. The smallest absolute Gasteiger partial charge is 0.405 e. The number of anilines is 1. The Bertz CT molecular complexity index is 399. The van der Waals surface area contributed by atoms with Crippen LogP contribution in [0.5, 0.6) is 5.75 Å². The fourth-order valence-electron chi connectivity index (χ4n) is 1.37. The lowest BCUT2D eigenvalue weighted by atomic mass is 10.3. The number of hydrogen-bond donors (Lipinski definition) is 1. The molecule has 0 aliphatic heterocycles. The Morgan fingerprint density at radius 1 is 1.32 bits per heavy atom. The molecule has 0 atom stereocenters. The van der Waals surface area contributed by atoms with E-state index in [1.165, 1.54) is 12.1 Å². The molecule has 0 aliphatic carbocycles. The van der Waals surface area contributed by atoms with E-state index in [1.807, 2.05) is 6.92 Å². The van der Waals surface area contributed by atoms with Crippen molar-refractivity contribution in [2.45, 2.75) is 19.7 Å². The highest BCUT2D eigenvalue weighted by molar-refractivity contribution is 9.10. The Morgan fingerprint density at radius 3 is 2.63 bits per heavy atom. The van der Waals surface area contributed by atoms with Crippen LogP contribution < -0.4 is 10.1 Å². The lowest BCUT2D eigenvalue weighted by Crippen LogP contribution is -2.17. The highest BCUT2D eigenvalue weighted by Crippen LogP contribution is 2.32. The summed E-state index contributed by atoms with van der Waals surface area (Å²) in [6.07, 6.45) is -3.86. The minimum Gasteiger partial charge on any atom is -0.405 e. The van der Waals surface area contributed by atoms with Gasteiger partial charge in [-0.05, 0) is 47.5 Å². The van der Waals surface area contributed by atoms with Crippen LogP contribution in [0.3, 0.4) is 0 Å². The third kappa shape index (κ3) is 6.68. The number of nitrogens with one attached hydrogen (secondary N) is 1. The van der Waals surface area contributed by atoms with E-state index in [1.54, 1.807) is 6.07 Å². The quantitative estimate of drug-likeness (QED) is 0.754. The highest BCUT2D eigenvalue weighted by atomic mass is 79.9. The summed E-state index contributed by atoms with van der Waals surface area (Å²) in [5.41, 5.74) is 0.720. The third-order valence-corrected chi connectivity index (χ3v) is 2.78. The molecule has 0 saturated heterocycles.